The number of rotatable bonds is 2. The van der Waals surface area contributed by atoms with Crippen molar-refractivity contribution in [2.75, 3.05) is 20.7 Å². The standard InChI is InChI=1S/C11H11F2NO/c1-14-5-3-4-8-6-9(12)11(15-2)10(13)7-8/h6-7,14H,5H2,1-2H3. The summed E-state index contributed by atoms with van der Waals surface area (Å²) in [7, 11) is 2.96. The molecule has 0 saturated heterocycles. The number of hydrogen-bond acceptors (Lipinski definition) is 2. The Balaban J connectivity index is 3.00. The van der Waals surface area contributed by atoms with Crippen molar-refractivity contribution in [2.45, 2.75) is 0 Å². The van der Waals surface area contributed by atoms with Gasteiger partial charge in [-0.3, -0.25) is 0 Å². The molecule has 0 saturated carbocycles. The maximum Gasteiger partial charge on any atom is 0.190 e. The first-order valence-corrected chi connectivity index (χ1v) is 4.35. The SMILES string of the molecule is CNCC#Cc1cc(F)c(OC)c(F)c1. The molecule has 0 spiro atoms. The molecule has 0 unspecified atom stereocenters. The number of halogens is 2. The van der Waals surface area contributed by atoms with Crippen LogP contribution in [-0.2, 0) is 0 Å². The number of hydrogen-bond donors (Lipinski definition) is 1. The van der Waals surface area contributed by atoms with E-state index >= 15 is 0 Å². The van der Waals surface area contributed by atoms with Crippen molar-refractivity contribution >= 4 is 0 Å². The van der Waals surface area contributed by atoms with Crippen LogP contribution in [0.15, 0.2) is 12.1 Å². The molecule has 0 aromatic heterocycles. The summed E-state index contributed by atoms with van der Waals surface area (Å²) in [6, 6.07) is 2.29. The highest BCUT2D eigenvalue weighted by atomic mass is 19.1. The summed E-state index contributed by atoms with van der Waals surface area (Å²) < 4.78 is 30.9. The van der Waals surface area contributed by atoms with Gasteiger partial charge in [0.1, 0.15) is 0 Å². The third-order valence-corrected chi connectivity index (χ3v) is 1.70. The molecule has 1 aromatic rings. The monoisotopic (exact) mass is 211 g/mol. The summed E-state index contributed by atoms with van der Waals surface area (Å²) in [5.74, 6) is 3.47. The van der Waals surface area contributed by atoms with Gasteiger partial charge in [-0.1, -0.05) is 11.8 Å². The fourth-order valence-corrected chi connectivity index (χ4v) is 1.06. The predicted octanol–water partition coefficient (Wildman–Crippen LogP) is 1.54. The zero-order chi connectivity index (χ0) is 11.3. The van der Waals surface area contributed by atoms with Crippen LogP contribution in [0.4, 0.5) is 8.78 Å². The normalized spacial score (nSPS) is 9.33. The Morgan fingerprint density at radius 1 is 1.33 bits per heavy atom. The van der Waals surface area contributed by atoms with E-state index in [-0.39, 0.29) is 5.75 Å². The topological polar surface area (TPSA) is 21.3 Å². The molecule has 2 nitrogen and oxygen atoms in total. The molecule has 15 heavy (non-hydrogen) atoms. The number of benzene rings is 1. The van der Waals surface area contributed by atoms with E-state index in [0.717, 1.165) is 12.1 Å². The van der Waals surface area contributed by atoms with Crippen molar-refractivity contribution in [1.82, 2.24) is 5.32 Å². The Morgan fingerprint density at radius 2 is 1.93 bits per heavy atom. The molecule has 1 N–H and O–H groups in total. The van der Waals surface area contributed by atoms with Crippen LogP contribution in [0.2, 0.25) is 0 Å². The fourth-order valence-electron chi connectivity index (χ4n) is 1.06. The maximum atomic E-state index is 13.2. The first-order chi connectivity index (χ1) is 7.19. The fraction of sp³-hybridized carbons (Fsp3) is 0.273. The Labute approximate surface area is 87.2 Å². The molecule has 0 radical (unpaired) electrons. The number of ether oxygens (including phenoxy) is 1. The Kier molecular flexibility index (Phi) is 4.07. The second-order valence-corrected chi connectivity index (χ2v) is 2.81. The summed E-state index contributed by atoms with van der Waals surface area (Å²) >= 11 is 0. The lowest BCUT2D eigenvalue weighted by atomic mass is 10.2. The zero-order valence-corrected chi connectivity index (χ0v) is 8.53. The lowest BCUT2D eigenvalue weighted by molar-refractivity contribution is 0.359. The largest absolute Gasteiger partial charge is 0.491 e. The van der Waals surface area contributed by atoms with Crippen molar-refractivity contribution < 1.29 is 13.5 Å². The summed E-state index contributed by atoms with van der Waals surface area (Å²) in [5.41, 5.74) is 0.293. The smallest absolute Gasteiger partial charge is 0.190 e. The molecule has 80 valence electrons. The van der Waals surface area contributed by atoms with Crippen LogP contribution >= 0.6 is 0 Å². The molecule has 1 aromatic carbocycles. The van der Waals surface area contributed by atoms with Crippen molar-refractivity contribution in [2.24, 2.45) is 0 Å². The molecule has 0 fully saturated rings. The second kappa shape index (κ2) is 5.32. The lowest BCUT2D eigenvalue weighted by Gasteiger charge is -2.03. The third-order valence-electron chi connectivity index (χ3n) is 1.70. The van der Waals surface area contributed by atoms with Gasteiger partial charge in [-0.25, -0.2) is 8.78 Å². The van der Waals surface area contributed by atoms with Gasteiger partial charge in [0.2, 0.25) is 0 Å². The van der Waals surface area contributed by atoms with Crippen LogP contribution in [0.3, 0.4) is 0 Å². The molecule has 0 bridgehead atoms. The minimum absolute atomic E-state index is 0.293. The van der Waals surface area contributed by atoms with Crippen LogP contribution in [0.1, 0.15) is 5.56 Å². The highest BCUT2D eigenvalue weighted by molar-refractivity contribution is 5.40. The second-order valence-electron chi connectivity index (χ2n) is 2.81. The van der Waals surface area contributed by atoms with Crippen molar-refractivity contribution in [1.29, 1.82) is 0 Å². The van der Waals surface area contributed by atoms with Crippen molar-refractivity contribution in [3.8, 4) is 17.6 Å². The summed E-state index contributed by atoms with van der Waals surface area (Å²) in [6.07, 6.45) is 0. The molecular formula is C11H11F2NO. The average molecular weight is 211 g/mol. The van der Waals surface area contributed by atoms with Crippen LogP contribution in [0.25, 0.3) is 0 Å². The van der Waals surface area contributed by atoms with Gasteiger partial charge in [0, 0.05) is 5.56 Å². The van der Waals surface area contributed by atoms with E-state index < -0.39 is 11.6 Å². The van der Waals surface area contributed by atoms with Gasteiger partial charge in [-0.15, -0.1) is 0 Å². The minimum Gasteiger partial charge on any atom is -0.491 e. The highest BCUT2D eigenvalue weighted by Gasteiger charge is 2.10. The molecule has 0 amide bonds. The molecule has 0 aliphatic heterocycles. The first-order valence-electron chi connectivity index (χ1n) is 4.35. The summed E-state index contributed by atoms with van der Waals surface area (Å²) in [5, 5.41) is 2.80. The highest BCUT2D eigenvalue weighted by Crippen LogP contribution is 2.22. The van der Waals surface area contributed by atoms with E-state index in [1.807, 2.05) is 0 Å². The van der Waals surface area contributed by atoms with Crippen molar-refractivity contribution in [3.63, 3.8) is 0 Å². The molecule has 0 atom stereocenters. The van der Waals surface area contributed by atoms with Gasteiger partial charge in [0.05, 0.1) is 13.7 Å². The minimum atomic E-state index is -0.744. The van der Waals surface area contributed by atoms with E-state index in [0.29, 0.717) is 12.1 Å². The third kappa shape index (κ3) is 2.93. The lowest BCUT2D eigenvalue weighted by Crippen LogP contribution is -2.04. The predicted molar refractivity (Wildman–Crippen MR) is 53.7 cm³/mol. The zero-order valence-electron chi connectivity index (χ0n) is 8.53. The van der Waals surface area contributed by atoms with Gasteiger partial charge >= 0.3 is 0 Å². The molecular weight excluding hydrogens is 200 g/mol. The van der Waals surface area contributed by atoms with Crippen LogP contribution in [-0.4, -0.2) is 20.7 Å². The molecule has 0 aliphatic rings. The summed E-state index contributed by atoms with van der Waals surface area (Å²) in [6.45, 7) is 0.468. The van der Waals surface area contributed by atoms with Gasteiger partial charge < -0.3 is 10.1 Å². The van der Waals surface area contributed by atoms with Gasteiger partial charge in [0.15, 0.2) is 17.4 Å². The van der Waals surface area contributed by atoms with E-state index in [1.165, 1.54) is 7.11 Å². The Hall–Kier alpha value is -1.60. The molecule has 0 aliphatic carbocycles. The molecule has 0 heterocycles. The van der Waals surface area contributed by atoms with Gasteiger partial charge in [0.25, 0.3) is 0 Å². The van der Waals surface area contributed by atoms with E-state index in [2.05, 4.69) is 21.9 Å². The quantitative estimate of drug-likeness (QED) is 0.749. The number of methoxy groups -OCH3 is 1. The average Bonchev–Trinajstić information content (AvgIpc) is 2.18. The Morgan fingerprint density at radius 3 is 2.40 bits per heavy atom. The van der Waals surface area contributed by atoms with Crippen LogP contribution in [0, 0.1) is 23.5 Å². The number of nitrogens with one attached hydrogen (secondary N) is 1. The van der Waals surface area contributed by atoms with E-state index in [9.17, 15) is 8.78 Å². The van der Waals surface area contributed by atoms with E-state index in [1.54, 1.807) is 7.05 Å². The van der Waals surface area contributed by atoms with Crippen LogP contribution in [0.5, 0.6) is 5.75 Å². The van der Waals surface area contributed by atoms with Crippen molar-refractivity contribution in [3.05, 3.63) is 29.3 Å². The summed E-state index contributed by atoms with van der Waals surface area (Å²) in [4.78, 5) is 0. The molecule has 1 rings (SSSR count). The first kappa shape index (κ1) is 11.5. The van der Waals surface area contributed by atoms with Gasteiger partial charge in [-0.05, 0) is 19.2 Å². The van der Waals surface area contributed by atoms with Gasteiger partial charge in [-0.2, -0.15) is 0 Å². The van der Waals surface area contributed by atoms with E-state index in [4.69, 9.17) is 0 Å². The Bertz CT molecular complexity index is 384. The maximum absolute atomic E-state index is 13.2. The van der Waals surface area contributed by atoms with Crippen LogP contribution < -0.4 is 10.1 Å². The molecule has 4 heteroatoms.